The monoisotopic (exact) mass is 531 g/mol. The van der Waals surface area contributed by atoms with E-state index in [4.69, 9.17) is 0 Å². The maximum absolute atomic E-state index is 4.28. The molecule has 0 N–H and O–H groups in total. The Labute approximate surface area is 151 Å². The van der Waals surface area contributed by atoms with Gasteiger partial charge in [0.15, 0.2) is 0 Å². The van der Waals surface area contributed by atoms with E-state index in [1.807, 2.05) is 8.93 Å². The van der Waals surface area contributed by atoms with Crippen LogP contribution >= 0.6 is 42.9 Å². The topological polar surface area (TPSA) is 25.8 Å². The van der Waals surface area contributed by atoms with E-state index in [9.17, 15) is 0 Å². The van der Waals surface area contributed by atoms with Gasteiger partial charge in [0.1, 0.15) is 0 Å². The van der Waals surface area contributed by atoms with Crippen molar-refractivity contribution in [1.29, 1.82) is 0 Å². The molecule has 20 heavy (non-hydrogen) atoms. The Morgan fingerprint density at radius 3 is 2.50 bits per heavy atom. The van der Waals surface area contributed by atoms with Gasteiger partial charge in [0.2, 0.25) is 0 Å². The first-order valence-electron chi connectivity index (χ1n) is 6.41. The molecule has 6 heteroatoms. The standard InChI is InChI=1S/C14H17I2N2S2/c1-9(2)13-17-18-14(19-13)20-16-8-10(3)11-4-6-12(15)7-5-11/h4-7,9-10H,8H2,1-3H3/q-1. The van der Waals surface area contributed by atoms with Crippen molar-refractivity contribution in [2.75, 3.05) is 4.43 Å². The fourth-order valence-electron chi connectivity index (χ4n) is 1.54. The summed E-state index contributed by atoms with van der Waals surface area (Å²) in [5.41, 5.74) is 1.45. The zero-order chi connectivity index (χ0) is 14.5. The quantitative estimate of drug-likeness (QED) is 0.423. The summed E-state index contributed by atoms with van der Waals surface area (Å²) in [6.45, 7) is 6.66. The number of halogens is 2. The fourth-order valence-corrected chi connectivity index (χ4v) is 8.71. The van der Waals surface area contributed by atoms with Crippen molar-refractivity contribution in [3.8, 4) is 0 Å². The van der Waals surface area contributed by atoms with E-state index in [0.29, 0.717) is 11.8 Å². The molecular formula is C14H17I2N2S2-. The number of aromatic nitrogens is 2. The van der Waals surface area contributed by atoms with E-state index in [-0.39, 0.29) is 19.8 Å². The van der Waals surface area contributed by atoms with Crippen LogP contribution < -0.4 is 19.8 Å². The molecule has 0 aliphatic heterocycles. The molecular weight excluding hydrogens is 514 g/mol. The normalized spacial score (nSPS) is 13.1. The molecule has 0 aliphatic rings. The van der Waals surface area contributed by atoms with Crippen LogP contribution in [0.3, 0.4) is 0 Å². The summed E-state index contributed by atoms with van der Waals surface area (Å²) in [6, 6.07) is 8.89. The summed E-state index contributed by atoms with van der Waals surface area (Å²) in [4.78, 5) is 0. The second-order valence-corrected chi connectivity index (χ2v) is 12.2. The molecule has 1 aromatic heterocycles. The van der Waals surface area contributed by atoms with Crippen molar-refractivity contribution in [2.45, 2.75) is 36.9 Å². The molecule has 2 aromatic rings. The van der Waals surface area contributed by atoms with Gasteiger partial charge in [0.05, 0.1) is 0 Å². The molecule has 2 nitrogen and oxygen atoms in total. The van der Waals surface area contributed by atoms with E-state index in [2.05, 4.69) is 77.8 Å². The van der Waals surface area contributed by atoms with Crippen molar-refractivity contribution in [3.05, 3.63) is 38.4 Å². The van der Waals surface area contributed by atoms with Gasteiger partial charge in [-0.1, -0.05) is 0 Å². The third kappa shape index (κ3) is 5.10. The second kappa shape index (κ2) is 8.28. The zero-order valence-corrected chi connectivity index (χ0v) is 17.6. The molecule has 110 valence electrons. The minimum atomic E-state index is 0.0884. The van der Waals surface area contributed by atoms with Crippen molar-refractivity contribution in [2.24, 2.45) is 0 Å². The van der Waals surface area contributed by atoms with Crippen LogP contribution in [-0.4, -0.2) is 14.6 Å². The first-order chi connectivity index (χ1) is 9.56. The van der Waals surface area contributed by atoms with Crippen LogP contribution in [0.5, 0.6) is 0 Å². The number of rotatable bonds is 6. The molecule has 0 spiro atoms. The van der Waals surface area contributed by atoms with E-state index in [0.717, 1.165) is 9.35 Å². The molecule has 1 unspecified atom stereocenters. The first kappa shape index (κ1) is 17.0. The molecule has 0 amide bonds. The van der Waals surface area contributed by atoms with E-state index in [1.54, 1.807) is 11.3 Å². The van der Waals surface area contributed by atoms with Crippen LogP contribution in [0.1, 0.15) is 43.2 Å². The average molecular weight is 531 g/mol. The molecule has 0 aliphatic carbocycles. The van der Waals surface area contributed by atoms with Gasteiger partial charge in [0, 0.05) is 0 Å². The Kier molecular flexibility index (Phi) is 7.02. The predicted octanol–water partition coefficient (Wildman–Crippen LogP) is 2.17. The molecule has 1 atom stereocenters. The number of alkyl halides is 1. The Morgan fingerprint density at radius 1 is 1.20 bits per heavy atom. The Bertz CT molecular complexity index is 540. The van der Waals surface area contributed by atoms with Gasteiger partial charge in [-0.15, -0.1) is 0 Å². The van der Waals surface area contributed by atoms with Gasteiger partial charge in [-0.05, 0) is 0 Å². The summed E-state index contributed by atoms with van der Waals surface area (Å²) in [6.07, 6.45) is 0. The van der Waals surface area contributed by atoms with Crippen molar-refractivity contribution in [1.82, 2.24) is 10.2 Å². The first-order valence-corrected chi connectivity index (χ1v) is 13.2. The Balaban J connectivity index is 1.81. The number of hydrogen-bond acceptors (Lipinski definition) is 4. The van der Waals surface area contributed by atoms with Crippen molar-refractivity contribution >= 4 is 42.9 Å². The molecule has 0 saturated heterocycles. The minimum absolute atomic E-state index is 0.0884. The van der Waals surface area contributed by atoms with Crippen molar-refractivity contribution < 1.29 is 19.8 Å². The molecule has 0 saturated carbocycles. The second-order valence-electron chi connectivity index (χ2n) is 4.85. The van der Waals surface area contributed by atoms with Gasteiger partial charge in [0.25, 0.3) is 0 Å². The molecule has 0 radical (unpaired) electrons. The molecule has 0 bridgehead atoms. The predicted molar refractivity (Wildman–Crippen MR) is 92.3 cm³/mol. The van der Waals surface area contributed by atoms with Crippen molar-refractivity contribution in [3.63, 3.8) is 0 Å². The van der Waals surface area contributed by atoms with E-state index < -0.39 is 0 Å². The molecule has 0 fully saturated rings. The molecule has 1 heterocycles. The SMILES string of the molecule is CC(C)c1nnc(S[I-]CC(C)c2ccc(I)cc2)s1. The molecule has 2 rings (SSSR count). The Hall–Kier alpha value is 0.590. The third-order valence-electron chi connectivity index (χ3n) is 2.77. The maximum atomic E-state index is 4.28. The number of nitrogens with zero attached hydrogens (tertiary/aromatic N) is 2. The summed E-state index contributed by atoms with van der Waals surface area (Å²) < 4.78 is 3.73. The van der Waals surface area contributed by atoms with Gasteiger partial charge in [-0.2, -0.15) is 0 Å². The van der Waals surface area contributed by atoms with Gasteiger partial charge >= 0.3 is 153 Å². The van der Waals surface area contributed by atoms with Crippen LogP contribution in [0, 0.1) is 3.57 Å². The van der Waals surface area contributed by atoms with Crippen LogP contribution in [-0.2, 0) is 0 Å². The summed E-state index contributed by atoms with van der Waals surface area (Å²) in [7, 11) is 1.94. The van der Waals surface area contributed by atoms with Crippen LogP contribution in [0.15, 0.2) is 28.6 Å². The average Bonchev–Trinajstić information content (AvgIpc) is 2.88. The molecule has 1 aromatic carbocycles. The van der Waals surface area contributed by atoms with Gasteiger partial charge in [-0.3, -0.25) is 0 Å². The van der Waals surface area contributed by atoms with Crippen LogP contribution in [0.2, 0.25) is 0 Å². The van der Waals surface area contributed by atoms with E-state index in [1.165, 1.54) is 13.6 Å². The number of hydrogen-bond donors (Lipinski definition) is 0. The van der Waals surface area contributed by atoms with Crippen LogP contribution in [0.4, 0.5) is 0 Å². The fraction of sp³-hybridized carbons (Fsp3) is 0.429. The van der Waals surface area contributed by atoms with E-state index >= 15 is 0 Å². The third-order valence-corrected chi connectivity index (χ3v) is 10.9. The summed E-state index contributed by atoms with van der Waals surface area (Å²) >= 11 is 4.20. The zero-order valence-electron chi connectivity index (χ0n) is 11.6. The Morgan fingerprint density at radius 2 is 1.90 bits per heavy atom. The summed E-state index contributed by atoms with van der Waals surface area (Å²) in [5.74, 6) is 1.13. The number of benzene rings is 1. The van der Waals surface area contributed by atoms with Gasteiger partial charge in [-0.25, -0.2) is 0 Å². The van der Waals surface area contributed by atoms with Gasteiger partial charge < -0.3 is 0 Å². The summed E-state index contributed by atoms with van der Waals surface area (Å²) in [5, 5.41) is 9.68. The van der Waals surface area contributed by atoms with Crippen LogP contribution in [0.25, 0.3) is 0 Å².